The van der Waals surface area contributed by atoms with Crippen LogP contribution in [0.3, 0.4) is 0 Å². The van der Waals surface area contributed by atoms with E-state index in [4.69, 9.17) is 21.1 Å². The van der Waals surface area contributed by atoms with Gasteiger partial charge >= 0.3 is 0 Å². The Labute approximate surface area is 211 Å². The second-order valence-electron chi connectivity index (χ2n) is 9.08. The van der Waals surface area contributed by atoms with Crippen LogP contribution in [0.25, 0.3) is 27.9 Å². The predicted molar refractivity (Wildman–Crippen MR) is 149 cm³/mol. The summed E-state index contributed by atoms with van der Waals surface area (Å²) in [4.78, 5) is 17.2. The highest BCUT2D eigenvalue weighted by Gasteiger charge is 2.18. The number of nitrogens with one attached hydrogen (secondary N) is 3. The Morgan fingerprint density at radius 1 is 1.06 bits per heavy atom. The zero-order chi connectivity index (χ0) is 25.8. The van der Waals surface area contributed by atoms with Crippen molar-refractivity contribution in [1.82, 2.24) is 25.3 Å². The summed E-state index contributed by atoms with van der Waals surface area (Å²) in [6.45, 7) is 12.2. The molecule has 0 saturated carbocycles. The Hall–Kier alpha value is -4.52. The number of para-hydroxylation sites is 1. The highest BCUT2D eigenvalue weighted by molar-refractivity contribution is 6.12. The zero-order valence-corrected chi connectivity index (χ0v) is 21.1. The van der Waals surface area contributed by atoms with Gasteiger partial charge in [0.1, 0.15) is 11.4 Å². The number of H-pyrrole nitrogens is 1. The molecule has 4 aromatic rings. The van der Waals surface area contributed by atoms with E-state index in [-0.39, 0.29) is 5.71 Å². The first-order chi connectivity index (χ1) is 17.2. The third-order valence-corrected chi connectivity index (χ3v) is 5.44. The maximum absolute atomic E-state index is 8.92. The van der Waals surface area contributed by atoms with Crippen LogP contribution in [0.2, 0.25) is 0 Å². The van der Waals surface area contributed by atoms with Gasteiger partial charge in [-0.25, -0.2) is 9.97 Å². The molecule has 1 aromatic carbocycles. The first-order valence-electron chi connectivity index (χ1n) is 11.8. The summed E-state index contributed by atoms with van der Waals surface area (Å²) < 4.78 is 0. The smallest absolute Gasteiger partial charge is 0.158 e. The van der Waals surface area contributed by atoms with E-state index in [1.165, 1.54) is 0 Å². The summed E-state index contributed by atoms with van der Waals surface area (Å²) in [6.07, 6.45) is 5.75. The Morgan fingerprint density at radius 3 is 2.56 bits per heavy atom. The largest absolute Gasteiger partial charge is 0.397 e. The molecule has 0 amide bonds. The van der Waals surface area contributed by atoms with Gasteiger partial charge in [-0.05, 0) is 64.1 Å². The third-order valence-electron chi connectivity index (χ3n) is 5.44. The molecule has 0 unspecified atom stereocenters. The Bertz CT molecular complexity index is 1490. The Morgan fingerprint density at radius 2 is 1.86 bits per heavy atom. The van der Waals surface area contributed by atoms with Crippen LogP contribution in [-0.2, 0) is 0 Å². The van der Waals surface area contributed by atoms with Crippen molar-refractivity contribution in [3.8, 4) is 11.3 Å². The molecule has 0 aliphatic heterocycles. The molecule has 0 aliphatic rings. The lowest BCUT2D eigenvalue weighted by Crippen LogP contribution is -2.20. The number of pyridine rings is 2. The monoisotopic (exact) mass is 477 g/mol. The Balaban J connectivity index is 1.76. The van der Waals surface area contributed by atoms with Gasteiger partial charge < -0.3 is 16.0 Å². The summed E-state index contributed by atoms with van der Waals surface area (Å²) in [5.74, 6) is 0.392. The van der Waals surface area contributed by atoms with E-state index in [2.05, 4.69) is 35.7 Å². The van der Waals surface area contributed by atoms with Crippen molar-refractivity contribution in [2.45, 2.75) is 33.7 Å². The maximum atomic E-state index is 8.92. The van der Waals surface area contributed by atoms with Gasteiger partial charge in [-0.15, -0.1) is 0 Å². The van der Waals surface area contributed by atoms with Crippen LogP contribution in [0.4, 0.5) is 5.69 Å². The molecule has 5 N–H and O–H groups in total. The fourth-order valence-electron chi connectivity index (χ4n) is 4.01. The molecule has 36 heavy (non-hydrogen) atoms. The molecule has 7 nitrogen and oxygen atoms in total. The minimum absolute atomic E-state index is 0.119. The summed E-state index contributed by atoms with van der Waals surface area (Å²) in [7, 11) is 0. The predicted octanol–water partition coefficient (Wildman–Crippen LogP) is 5.88. The number of nitrogens with zero attached hydrogens (tertiary/aromatic N) is 3. The topological polar surface area (TPSA) is 116 Å². The molecule has 0 radical (unpaired) electrons. The van der Waals surface area contributed by atoms with Gasteiger partial charge in [0.05, 0.1) is 28.1 Å². The molecular formula is C29H31N7. The van der Waals surface area contributed by atoms with E-state index < -0.39 is 0 Å². The van der Waals surface area contributed by atoms with Crippen LogP contribution in [0.1, 0.15) is 44.9 Å². The van der Waals surface area contributed by atoms with Gasteiger partial charge in [-0.2, -0.15) is 0 Å². The van der Waals surface area contributed by atoms with Crippen molar-refractivity contribution in [2.75, 3.05) is 5.73 Å². The second-order valence-corrected chi connectivity index (χ2v) is 9.08. The van der Waals surface area contributed by atoms with Gasteiger partial charge in [-0.1, -0.05) is 36.4 Å². The van der Waals surface area contributed by atoms with Crippen molar-refractivity contribution >= 4 is 28.0 Å². The minimum Gasteiger partial charge on any atom is -0.397 e. The Kier molecular flexibility index (Phi) is 7.10. The number of nitrogen functional groups attached to an aromatic ring is 1. The SMILES string of the molecule is C=C(C)/C=C(\C=C(/C)NC(C)C)c1ccc(N)c(C(=N)c2nc3c(-c4ccccn4)cccc3[nH]2)n1. The van der Waals surface area contributed by atoms with Gasteiger partial charge in [-0.3, -0.25) is 10.4 Å². The molecule has 3 aromatic heterocycles. The zero-order valence-electron chi connectivity index (χ0n) is 21.1. The number of hydrogen-bond donors (Lipinski definition) is 4. The third kappa shape index (κ3) is 5.41. The highest BCUT2D eigenvalue weighted by Crippen LogP contribution is 2.27. The molecule has 3 heterocycles. The summed E-state index contributed by atoms with van der Waals surface area (Å²) in [5, 5.41) is 12.3. The number of fused-ring (bicyclic) bond motifs is 1. The summed E-state index contributed by atoms with van der Waals surface area (Å²) in [6, 6.07) is 15.5. The van der Waals surface area contributed by atoms with Crippen molar-refractivity contribution in [3.63, 3.8) is 0 Å². The molecule has 4 rings (SSSR count). The number of rotatable bonds is 8. The van der Waals surface area contributed by atoms with Gasteiger partial charge in [0.2, 0.25) is 0 Å². The molecule has 182 valence electrons. The molecule has 0 spiro atoms. The number of hydrogen-bond acceptors (Lipinski definition) is 6. The normalized spacial score (nSPS) is 12.2. The quantitative estimate of drug-likeness (QED) is 0.187. The first kappa shape index (κ1) is 24.6. The van der Waals surface area contributed by atoms with Crippen molar-refractivity contribution in [1.29, 1.82) is 5.41 Å². The van der Waals surface area contributed by atoms with Crippen LogP contribution in [-0.4, -0.2) is 31.7 Å². The highest BCUT2D eigenvalue weighted by atomic mass is 15.0. The molecular weight excluding hydrogens is 446 g/mol. The number of allylic oxidation sites excluding steroid dienone is 5. The van der Waals surface area contributed by atoms with Crippen LogP contribution in [0.15, 0.2) is 84.7 Å². The van der Waals surface area contributed by atoms with Gasteiger partial charge in [0, 0.05) is 29.1 Å². The number of imidazole rings is 1. The average molecular weight is 478 g/mol. The van der Waals surface area contributed by atoms with E-state index in [0.717, 1.165) is 39.1 Å². The molecule has 0 bridgehead atoms. The van der Waals surface area contributed by atoms with Gasteiger partial charge in [0.15, 0.2) is 5.82 Å². The van der Waals surface area contributed by atoms with E-state index in [1.807, 2.05) is 68.5 Å². The van der Waals surface area contributed by atoms with E-state index in [9.17, 15) is 0 Å². The van der Waals surface area contributed by atoms with Crippen molar-refractivity contribution in [2.24, 2.45) is 0 Å². The van der Waals surface area contributed by atoms with Crippen LogP contribution < -0.4 is 11.1 Å². The molecule has 0 atom stereocenters. The lowest BCUT2D eigenvalue weighted by molar-refractivity contribution is 0.670. The second kappa shape index (κ2) is 10.4. The van der Waals surface area contributed by atoms with Crippen LogP contribution >= 0.6 is 0 Å². The average Bonchev–Trinajstić information content (AvgIpc) is 3.28. The van der Waals surface area contributed by atoms with Gasteiger partial charge in [0.25, 0.3) is 0 Å². The number of aromatic amines is 1. The lowest BCUT2D eigenvalue weighted by Gasteiger charge is -2.13. The van der Waals surface area contributed by atoms with Crippen molar-refractivity contribution in [3.05, 3.63) is 102 Å². The molecule has 0 fully saturated rings. The molecule has 0 aliphatic carbocycles. The van der Waals surface area contributed by atoms with E-state index in [0.29, 0.717) is 28.9 Å². The van der Waals surface area contributed by atoms with Crippen LogP contribution in [0, 0.1) is 5.41 Å². The number of benzene rings is 1. The van der Waals surface area contributed by atoms with E-state index >= 15 is 0 Å². The fourth-order valence-corrected chi connectivity index (χ4v) is 4.01. The minimum atomic E-state index is 0.119. The number of aromatic nitrogens is 4. The maximum Gasteiger partial charge on any atom is 0.158 e. The van der Waals surface area contributed by atoms with Crippen LogP contribution in [0.5, 0.6) is 0 Å². The van der Waals surface area contributed by atoms with Crippen molar-refractivity contribution < 1.29 is 0 Å². The number of anilines is 1. The standard InChI is InChI=1S/C29H31N7/c1-17(2)15-20(16-19(5)33-18(3)4)23-13-12-22(30)28(34-23)26(31)29-35-25-11-8-9-21(27(25)36-29)24-10-6-7-14-32-24/h6-16,18,31,33H,1,30H2,2-5H3,(H,35,36)/b19-16+,20-15+,31-26?. The summed E-state index contributed by atoms with van der Waals surface area (Å²) >= 11 is 0. The van der Waals surface area contributed by atoms with E-state index in [1.54, 1.807) is 12.3 Å². The first-order valence-corrected chi connectivity index (χ1v) is 11.8. The number of nitrogens with two attached hydrogens (primary N) is 1. The summed E-state index contributed by atoms with van der Waals surface area (Å²) in [5.41, 5.74) is 13.9. The lowest BCUT2D eigenvalue weighted by atomic mass is 10.1. The molecule has 7 heteroatoms. The molecule has 0 saturated heterocycles. The fraction of sp³-hybridized carbons (Fsp3) is 0.172.